The van der Waals surface area contributed by atoms with Gasteiger partial charge in [-0.05, 0) is 17.7 Å². The lowest BCUT2D eigenvalue weighted by molar-refractivity contribution is -0.135. The molecule has 6 heteroatoms. The summed E-state index contributed by atoms with van der Waals surface area (Å²) in [6, 6.07) is 11.5. The molecule has 1 aliphatic rings. The SMILES string of the molecule is COc1ccccc1[C@@H]1Cn2ccnc2CN1C(=O)Cc1cccnc1. The normalized spacial score (nSPS) is 16.2. The van der Waals surface area contributed by atoms with Crippen LogP contribution < -0.4 is 4.74 Å². The van der Waals surface area contributed by atoms with Crippen molar-refractivity contribution in [3.63, 3.8) is 0 Å². The van der Waals surface area contributed by atoms with Crippen LogP contribution in [-0.4, -0.2) is 32.5 Å². The van der Waals surface area contributed by atoms with E-state index in [0.717, 1.165) is 22.7 Å². The molecule has 0 aliphatic carbocycles. The molecule has 1 amide bonds. The fraction of sp³-hybridized carbons (Fsp3) is 0.250. The number of rotatable bonds is 4. The van der Waals surface area contributed by atoms with E-state index >= 15 is 0 Å². The lowest BCUT2D eigenvalue weighted by atomic mass is 10.0. The molecular formula is C20H20N4O2. The van der Waals surface area contributed by atoms with Crippen LogP contribution in [0.15, 0.2) is 61.2 Å². The predicted molar refractivity (Wildman–Crippen MR) is 96.5 cm³/mol. The molecule has 1 aliphatic heterocycles. The molecule has 2 aromatic heterocycles. The maximum absolute atomic E-state index is 13.1. The average Bonchev–Trinajstić information content (AvgIpc) is 3.15. The van der Waals surface area contributed by atoms with Gasteiger partial charge in [-0.25, -0.2) is 4.98 Å². The molecule has 0 radical (unpaired) electrons. The highest BCUT2D eigenvalue weighted by Crippen LogP contribution is 2.34. The Morgan fingerprint density at radius 1 is 1.23 bits per heavy atom. The number of fused-ring (bicyclic) bond motifs is 1. The zero-order valence-electron chi connectivity index (χ0n) is 14.6. The third-order valence-electron chi connectivity index (χ3n) is 4.76. The summed E-state index contributed by atoms with van der Waals surface area (Å²) in [6.45, 7) is 1.14. The van der Waals surface area contributed by atoms with Crippen LogP contribution in [-0.2, 0) is 24.3 Å². The summed E-state index contributed by atoms with van der Waals surface area (Å²) in [5, 5.41) is 0. The largest absolute Gasteiger partial charge is 0.496 e. The quantitative estimate of drug-likeness (QED) is 0.727. The Balaban J connectivity index is 1.68. The molecule has 0 saturated carbocycles. The van der Waals surface area contributed by atoms with E-state index in [1.807, 2.05) is 47.5 Å². The molecule has 0 fully saturated rings. The highest BCUT2D eigenvalue weighted by Gasteiger charge is 2.32. The van der Waals surface area contributed by atoms with Crippen molar-refractivity contribution >= 4 is 5.91 Å². The smallest absolute Gasteiger partial charge is 0.228 e. The summed E-state index contributed by atoms with van der Waals surface area (Å²) in [7, 11) is 1.66. The van der Waals surface area contributed by atoms with E-state index in [-0.39, 0.29) is 11.9 Å². The number of methoxy groups -OCH3 is 1. The molecule has 6 nitrogen and oxygen atoms in total. The fourth-order valence-corrected chi connectivity index (χ4v) is 3.45. The van der Waals surface area contributed by atoms with E-state index in [2.05, 4.69) is 14.5 Å². The molecule has 1 aromatic carbocycles. The summed E-state index contributed by atoms with van der Waals surface area (Å²) in [6.07, 6.45) is 7.51. The van der Waals surface area contributed by atoms with Crippen LogP contribution in [0.3, 0.4) is 0 Å². The number of aromatic nitrogens is 3. The lowest BCUT2D eigenvalue weighted by Gasteiger charge is -2.37. The minimum Gasteiger partial charge on any atom is -0.496 e. The minimum absolute atomic E-state index is 0.0585. The Bertz CT molecular complexity index is 907. The van der Waals surface area contributed by atoms with Gasteiger partial charge in [-0.2, -0.15) is 0 Å². The topological polar surface area (TPSA) is 60.2 Å². The van der Waals surface area contributed by atoms with Gasteiger partial charge < -0.3 is 14.2 Å². The number of nitrogens with zero attached hydrogens (tertiary/aromatic N) is 4. The van der Waals surface area contributed by atoms with Crippen LogP contribution in [0.25, 0.3) is 0 Å². The van der Waals surface area contributed by atoms with E-state index in [9.17, 15) is 4.79 Å². The van der Waals surface area contributed by atoms with Crippen LogP contribution >= 0.6 is 0 Å². The summed E-state index contributed by atoms with van der Waals surface area (Å²) >= 11 is 0. The number of pyridine rings is 1. The number of carbonyl (C=O) groups is 1. The van der Waals surface area contributed by atoms with Gasteiger partial charge in [0.15, 0.2) is 0 Å². The van der Waals surface area contributed by atoms with Crippen molar-refractivity contribution < 1.29 is 9.53 Å². The van der Waals surface area contributed by atoms with Crippen LogP contribution in [0.1, 0.15) is 23.0 Å². The standard InChI is InChI=1S/C20H20N4O2/c1-26-18-7-3-2-6-16(18)17-13-23-10-9-22-19(23)14-24(17)20(25)11-15-5-4-8-21-12-15/h2-10,12,17H,11,13-14H2,1H3/t17-/m0/s1. The Kier molecular flexibility index (Phi) is 4.39. The zero-order chi connectivity index (χ0) is 17.9. The molecule has 4 rings (SSSR count). The molecule has 0 spiro atoms. The van der Waals surface area contributed by atoms with Gasteiger partial charge in [0.2, 0.25) is 5.91 Å². The Hall–Kier alpha value is -3.15. The second kappa shape index (κ2) is 7.00. The van der Waals surface area contributed by atoms with Crippen LogP contribution in [0.5, 0.6) is 5.75 Å². The van der Waals surface area contributed by atoms with Gasteiger partial charge in [-0.15, -0.1) is 0 Å². The number of hydrogen-bond acceptors (Lipinski definition) is 4. The lowest BCUT2D eigenvalue weighted by Crippen LogP contribution is -2.42. The van der Waals surface area contributed by atoms with Crippen molar-refractivity contribution in [3.05, 3.63) is 78.1 Å². The Morgan fingerprint density at radius 3 is 2.92 bits per heavy atom. The second-order valence-electron chi connectivity index (χ2n) is 6.31. The van der Waals surface area contributed by atoms with Gasteiger partial charge in [0, 0.05) is 36.9 Å². The molecule has 3 heterocycles. The predicted octanol–water partition coefficient (Wildman–Crippen LogP) is 2.61. The number of para-hydroxylation sites is 1. The van der Waals surface area contributed by atoms with Crippen molar-refractivity contribution in [2.24, 2.45) is 0 Å². The fourth-order valence-electron chi connectivity index (χ4n) is 3.45. The first-order valence-corrected chi connectivity index (χ1v) is 8.57. The summed E-state index contributed by atoms with van der Waals surface area (Å²) in [4.78, 5) is 23.5. The Morgan fingerprint density at radius 2 is 2.12 bits per heavy atom. The van der Waals surface area contributed by atoms with Crippen molar-refractivity contribution in [1.29, 1.82) is 0 Å². The molecule has 0 N–H and O–H groups in total. The van der Waals surface area contributed by atoms with E-state index in [0.29, 0.717) is 19.5 Å². The highest BCUT2D eigenvalue weighted by atomic mass is 16.5. The molecule has 0 unspecified atom stereocenters. The molecule has 132 valence electrons. The first-order chi connectivity index (χ1) is 12.8. The summed E-state index contributed by atoms with van der Waals surface area (Å²) in [5.41, 5.74) is 1.92. The number of amides is 1. The van der Waals surface area contributed by atoms with Crippen molar-refractivity contribution in [2.45, 2.75) is 25.6 Å². The molecule has 26 heavy (non-hydrogen) atoms. The maximum Gasteiger partial charge on any atom is 0.228 e. The minimum atomic E-state index is -0.1000. The van der Waals surface area contributed by atoms with Gasteiger partial charge in [0.1, 0.15) is 11.6 Å². The highest BCUT2D eigenvalue weighted by molar-refractivity contribution is 5.79. The third-order valence-corrected chi connectivity index (χ3v) is 4.76. The summed E-state index contributed by atoms with van der Waals surface area (Å²) in [5.74, 6) is 1.75. The first-order valence-electron chi connectivity index (χ1n) is 8.57. The van der Waals surface area contributed by atoms with E-state index in [4.69, 9.17) is 4.74 Å². The first kappa shape index (κ1) is 16.3. The molecule has 0 saturated heterocycles. The molecular weight excluding hydrogens is 328 g/mol. The zero-order valence-corrected chi connectivity index (χ0v) is 14.6. The third kappa shape index (κ3) is 3.06. The van der Waals surface area contributed by atoms with E-state index in [1.165, 1.54) is 0 Å². The van der Waals surface area contributed by atoms with Gasteiger partial charge in [-0.1, -0.05) is 24.3 Å². The number of benzene rings is 1. The van der Waals surface area contributed by atoms with Crippen molar-refractivity contribution in [3.8, 4) is 5.75 Å². The Labute approximate surface area is 152 Å². The summed E-state index contributed by atoms with van der Waals surface area (Å²) < 4.78 is 7.64. The monoisotopic (exact) mass is 348 g/mol. The van der Waals surface area contributed by atoms with Gasteiger partial charge in [0.05, 0.1) is 26.1 Å². The number of hydrogen-bond donors (Lipinski definition) is 0. The van der Waals surface area contributed by atoms with Crippen LogP contribution in [0.4, 0.5) is 0 Å². The molecule has 0 bridgehead atoms. The van der Waals surface area contributed by atoms with Crippen LogP contribution in [0, 0.1) is 0 Å². The second-order valence-corrected chi connectivity index (χ2v) is 6.31. The van der Waals surface area contributed by atoms with E-state index < -0.39 is 0 Å². The van der Waals surface area contributed by atoms with Gasteiger partial charge >= 0.3 is 0 Å². The van der Waals surface area contributed by atoms with Gasteiger partial charge in [0.25, 0.3) is 0 Å². The molecule has 1 atom stereocenters. The number of carbonyl (C=O) groups excluding carboxylic acids is 1. The van der Waals surface area contributed by atoms with Crippen molar-refractivity contribution in [1.82, 2.24) is 19.4 Å². The number of ether oxygens (including phenoxy) is 1. The van der Waals surface area contributed by atoms with Crippen LogP contribution in [0.2, 0.25) is 0 Å². The van der Waals surface area contributed by atoms with Crippen molar-refractivity contribution in [2.75, 3.05) is 7.11 Å². The number of imidazole rings is 1. The average molecular weight is 348 g/mol. The molecule has 3 aromatic rings. The maximum atomic E-state index is 13.1. The van der Waals surface area contributed by atoms with Gasteiger partial charge in [-0.3, -0.25) is 9.78 Å². The van der Waals surface area contributed by atoms with E-state index in [1.54, 1.807) is 25.7 Å².